The summed E-state index contributed by atoms with van der Waals surface area (Å²) in [6.07, 6.45) is 3.80. The highest BCUT2D eigenvalue weighted by atomic mass is 16.1. The van der Waals surface area contributed by atoms with Crippen molar-refractivity contribution in [3.8, 4) is 0 Å². The van der Waals surface area contributed by atoms with Crippen molar-refractivity contribution in [2.45, 2.75) is 19.9 Å². The van der Waals surface area contributed by atoms with Gasteiger partial charge in [0.2, 0.25) is 6.41 Å². The molecule has 68 valence electrons. The molecule has 0 heterocycles. The average molecular weight is 169 g/mol. The van der Waals surface area contributed by atoms with Crippen molar-refractivity contribution >= 4 is 12.2 Å². The maximum Gasteiger partial charge on any atom is 0.234 e. The van der Waals surface area contributed by atoms with E-state index in [1.165, 1.54) is 0 Å². The van der Waals surface area contributed by atoms with Crippen LogP contribution in [0.3, 0.4) is 0 Å². The molecule has 0 aromatic carbocycles. The highest BCUT2D eigenvalue weighted by Gasteiger charge is 1.95. The molecule has 0 atom stereocenters. The van der Waals surface area contributed by atoms with Crippen molar-refractivity contribution in [2.75, 3.05) is 7.05 Å². The first-order valence-electron chi connectivity index (χ1n) is 3.75. The van der Waals surface area contributed by atoms with Crippen molar-refractivity contribution in [3.05, 3.63) is 12.3 Å². The van der Waals surface area contributed by atoms with Crippen LogP contribution in [0.5, 0.6) is 0 Å². The molecule has 0 spiro atoms. The van der Waals surface area contributed by atoms with Crippen LogP contribution in [-0.2, 0) is 4.79 Å². The monoisotopic (exact) mass is 169 g/mol. The van der Waals surface area contributed by atoms with Gasteiger partial charge in [0.1, 0.15) is 5.84 Å². The Balaban J connectivity index is 4.06. The van der Waals surface area contributed by atoms with Crippen molar-refractivity contribution < 1.29 is 4.79 Å². The van der Waals surface area contributed by atoms with Crippen molar-refractivity contribution in [2.24, 2.45) is 10.7 Å². The second-order valence-corrected chi connectivity index (χ2v) is 2.73. The lowest BCUT2D eigenvalue weighted by Gasteiger charge is -2.17. The molecule has 0 radical (unpaired) electrons. The predicted octanol–water partition coefficient (Wildman–Crippen LogP) is 0.354. The molecule has 0 aromatic heterocycles. The zero-order valence-corrected chi connectivity index (χ0v) is 7.69. The van der Waals surface area contributed by atoms with E-state index < -0.39 is 0 Å². The molecule has 0 aromatic rings. The molecule has 0 bridgehead atoms. The minimum Gasteiger partial charge on any atom is -0.384 e. The zero-order chi connectivity index (χ0) is 9.56. The third kappa shape index (κ3) is 4.49. The second kappa shape index (κ2) is 5.35. The van der Waals surface area contributed by atoms with Crippen LogP contribution in [0.15, 0.2) is 17.3 Å². The summed E-state index contributed by atoms with van der Waals surface area (Å²) in [5.41, 5.74) is 5.34. The molecule has 0 rings (SSSR count). The third-order valence-electron chi connectivity index (χ3n) is 1.50. The molecule has 12 heavy (non-hydrogen) atoms. The minimum absolute atomic E-state index is 0.220. The van der Waals surface area contributed by atoms with Crippen LogP contribution in [0.25, 0.3) is 0 Å². The molecule has 0 unspecified atom stereocenters. The fourth-order valence-corrected chi connectivity index (χ4v) is 0.470. The zero-order valence-electron chi connectivity index (χ0n) is 7.69. The van der Waals surface area contributed by atoms with Gasteiger partial charge in [0.15, 0.2) is 0 Å². The molecular formula is C8H15N3O. The first-order valence-corrected chi connectivity index (χ1v) is 3.75. The van der Waals surface area contributed by atoms with Gasteiger partial charge < -0.3 is 10.6 Å². The fourth-order valence-electron chi connectivity index (χ4n) is 0.470. The summed E-state index contributed by atoms with van der Waals surface area (Å²) in [5.74, 6) is 0.220. The highest BCUT2D eigenvalue weighted by Crippen LogP contribution is 1.93. The molecule has 4 nitrogen and oxygen atoms in total. The molecule has 0 aliphatic heterocycles. The number of aliphatic imine (C=N–C) groups is 1. The number of amidine groups is 1. The van der Waals surface area contributed by atoms with E-state index in [1.54, 1.807) is 12.3 Å². The normalized spacial score (nSPS) is 12.5. The van der Waals surface area contributed by atoms with Gasteiger partial charge in [0.25, 0.3) is 0 Å². The molecule has 2 N–H and O–H groups in total. The lowest BCUT2D eigenvalue weighted by Crippen LogP contribution is -2.21. The molecular weight excluding hydrogens is 154 g/mol. The summed E-state index contributed by atoms with van der Waals surface area (Å²) in [6.45, 7) is 4.11. The van der Waals surface area contributed by atoms with Crippen LogP contribution in [0.4, 0.5) is 0 Å². The summed E-state index contributed by atoms with van der Waals surface area (Å²) in [5, 5.41) is 0. The molecule has 0 saturated carbocycles. The first-order chi connectivity index (χ1) is 5.57. The maximum atomic E-state index is 9.88. The number of hydrogen-bond donors (Lipinski definition) is 1. The lowest BCUT2D eigenvalue weighted by atomic mass is 10.3. The number of carbonyl (C=O) groups is 1. The van der Waals surface area contributed by atoms with E-state index in [-0.39, 0.29) is 5.84 Å². The minimum atomic E-state index is 0.220. The maximum absolute atomic E-state index is 9.88. The van der Waals surface area contributed by atoms with Gasteiger partial charge in [-0.3, -0.25) is 4.79 Å². The number of carbonyl (C=O) groups excluding carboxylic acids is 1. The summed E-state index contributed by atoms with van der Waals surface area (Å²) in [7, 11) is 1.93. The van der Waals surface area contributed by atoms with Crippen molar-refractivity contribution in [1.82, 2.24) is 4.90 Å². The second-order valence-electron chi connectivity index (χ2n) is 2.73. The SMILES string of the molecule is CC(C)N(C)/C=C\C(N)=N/C=O. The Labute approximate surface area is 72.8 Å². The topological polar surface area (TPSA) is 58.7 Å². The van der Waals surface area contributed by atoms with Gasteiger partial charge in [-0.2, -0.15) is 4.99 Å². The molecule has 0 saturated heterocycles. The summed E-state index contributed by atoms with van der Waals surface area (Å²) in [6, 6.07) is 0.408. The van der Waals surface area contributed by atoms with Gasteiger partial charge >= 0.3 is 0 Å². The Morgan fingerprint density at radius 2 is 2.17 bits per heavy atom. The van der Waals surface area contributed by atoms with Gasteiger partial charge in [-0.25, -0.2) is 0 Å². The van der Waals surface area contributed by atoms with E-state index in [4.69, 9.17) is 5.73 Å². The van der Waals surface area contributed by atoms with Gasteiger partial charge in [0, 0.05) is 19.3 Å². The Kier molecular flexibility index (Phi) is 4.76. The number of hydrogen-bond acceptors (Lipinski definition) is 2. The summed E-state index contributed by atoms with van der Waals surface area (Å²) >= 11 is 0. The number of rotatable bonds is 4. The Hall–Kier alpha value is -1.32. The largest absolute Gasteiger partial charge is 0.384 e. The lowest BCUT2D eigenvalue weighted by molar-refractivity contribution is -0.106. The van der Waals surface area contributed by atoms with Gasteiger partial charge in [0.05, 0.1) is 0 Å². The smallest absolute Gasteiger partial charge is 0.234 e. The highest BCUT2D eigenvalue weighted by molar-refractivity contribution is 5.95. The number of nitrogens with zero attached hydrogens (tertiary/aromatic N) is 2. The van der Waals surface area contributed by atoms with E-state index in [0.717, 1.165) is 0 Å². The van der Waals surface area contributed by atoms with Crippen LogP contribution in [0.1, 0.15) is 13.8 Å². The van der Waals surface area contributed by atoms with Gasteiger partial charge in [-0.05, 0) is 19.9 Å². The Bertz CT molecular complexity index is 196. The van der Waals surface area contributed by atoms with Crippen molar-refractivity contribution in [3.63, 3.8) is 0 Å². The van der Waals surface area contributed by atoms with Gasteiger partial charge in [-0.1, -0.05) is 0 Å². The predicted molar refractivity (Wildman–Crippen MR) is 49.7 cm³/mol. The summed E-state index contributed by atoms with van der Waals surface area (Å²) in [4.78, 5) is 15.2. The summed E-state index contributed by atoms with van der Waals surface area (Å²) < 4.78 is 0. The molecule has 1 amide bonds. The Morgan fingerprint density at radius 1 is 1.58 bits per heavy atom. The molecule has 0 fully saturated rings. The van der Waals surface area contributed by atoms with E-state index in [0.29, 0.717) is 12.5 Å². The van der Waals surface area contributed by atoms with Crippen molar-refractivity contribution in [1.29, 1.82) is 0 Å². The standard InChI is InChI=1S/C8H15N3O/c1-7(2)11(3)5-4-8(9)10-6-12/h4-7H,1-3H3,(H2,9,10,12)/b5-4-. The van der Waals surface area contributed by atoms with Crippen LogP contribution < -0.4 is 5.73 Å². The quantitative estimate of drug-likeness (QED) is 0.375. The molecule has 0 aliphatic carbocycles. The molecule has 0 aliphatic rings. The van der Waals surface area contributed by atoms with E-state index in [9.17, 15) is 4.79 Å². The van der Waals surface area contributed by atoms with Crippen LogP contribution in [0.2, 0.25) is 0 Å². The number of nitrogens with two attached hydrogens (primary N) is 1. The van der Waals surface area contributed by atoms with Gasteiger partial charge in [-0.15, -0.1) is 0 Å². The van der Waals surface area contributed by atoms with E-state index >= 15 is 0 Å². The van der Waals surface area contributed by atoms with Crippen LogP contribution in [0, 0.1) is 0 Å². The molecule has 4 heteroatoms. The number of amides is 1. The van der Waals surface area contributed by atoms with Crippen LogP contribution in [-0.4, -0.2) is 30.2 Å². The first kappa shape index (κ1) is 10.7. The third-order valence-corrected chi connectivity index (χ3v) is 1.50. The fraction of sp³-hybridized carbons (Fsp3) is 0.500. The van der Waals surface area contributed by atoms with E-state index in [1.807, 2.05) is 11.9 Å². The van der Waals surface area contributed by atoms with Crippen LogP contribution >= 0.6 is 0 Å². The van der Waals surface area contributed by atoms with E-state index in [2.05, 4.69) is 18.8 Å². The average Bonchev–Trinajstić information content (AvgIpc) is 2.00. The Morgan fingerprint density at radius 3 is 2.58 bits per heavy atom.